The Kier molecular flexibility index (Phi) is 4.68. The molecular formula is C12H20BrN3O2S. The summed E-state index contributed by atoms with van der Waals surface area (Å²) in [5.74, 6) is 0.903. The fourth-order valence-corrected chi connectivity index (χ4v) is 5.18. The highest BCUT2D eigenvalue weighted by molar-refractivity contribution is 9.10. The maximum atomic E-state index is 11.5. The molecule has 0 saturated carbocycles. The van der Waals surface area contributed by atoms with Gasteiger partial charge in [0.05, 0.1) is 33.9 Å². The lowest BCUT2D eigenvalue weighted by atomic mass is 9.97. The Bertz CT molecular complexity index is 541. The van der Waals surface area contributed by atoms with Crippen molar-refractivity contribution in [3.05, 3.63) is 16.4 Å². The van der Waals surface area contributed by atoms with Crippen molar-refractivity contribution in [2.75, 3.05) is 18.6 Å². The Morgan fingerprint density at radius 1 is 1.63 bits per heavy atom. The molecule has 0 aromatic carbocycles. The van der Waals surface area contributed by atoms with Crippen molar-refractivity contribution in [1.82, 2.24) is 15.1 Å². The van der Waals surface area contributed by atoms with Crippen molar-refractivity contribution >= 4 is 25.8 Å². The predicted octanol–water partition coefficient (Wildman–Crippen LogP) is 1.75. The zero-order valence-electron chi connectivity index (χ0n) is 11.3. The molecule has 0 spiro atoms. The van der Waals surface area contributed by atoms with Crippen LogP contribution in [0.1, 0.15) is 31.5 Å². The smallest absolute Gasteiger partial charge is 0.150 e. The summed E-state index contributed by atoms with van der Waals surface area (Å²) in [6, 6.07) is 0.134. The Morgan fingerprint density at radius 3 is 2.89 bits per heavy atom. The average molecular weight is 350 g/mol. The summed E-state index contributed by atoms with van der Waals surface area (Å²) in [6.45, 7) is 2.86. The molecule has 0 aliphatic carbocycles. The minimum Gasteiger partial charge on any atom is -0.312 e. The van der Waals surface area contributed by atoms with Crippen LogP contribution in [0.15, 0.2) is 10.7 Å². The number of aromatic nitrogens is 2. The fraction of sp³-hybridized carbons (Fsp3) is 0.750. The van der Waals surface area contributed by atoms with E-state index in [1.54, 1.807) is 6.20 Å². The molecule has 1 saturated heterocycles. The Balaban J connectivity index is 2.14. The van der Waals surface area contributed by atoms with Crippen LogP contribution in [0.25, 0.3) is 0 Å². The lowest BCUT2D eigenvalue weighted by Crippen LogP contribution is -2.24. The van der Waals surface area contributed by atoms with Gasteiger partial charge in [-0.2, -0.15) is 5.10 Å². The first kappa shape index (κ1) is 15.0. The van der Waals surface area contributed by atoms with Gasteiger partial charge in [0.1, 0.15) is 0 Å². The van der Waals surface area contributed by atoms with Gasteiger partial charge in [-0.25, -0.2) is 8.42 Å². The molecule has 1 aromatic heterocycles. The number of sulfone groups is 1. The summed E-state index contributed by atoms with van der Waals surface area (Å²) in [6.07, 6.45) is 3.41. The minimum absolute atomic E-state index is 0.134. The minimum atomic E-state index is -2.81. The number of nitrogens with one attached hydrogen (secondary N) is 1. The topological polar surface area (TPSA) is 64.0 Å². The maximum absolute atomic E-state index is 11.5. The summed E-state index contributed by atoms with van der Waals surface area (Å²) in [7, 11) is -0.896. The zero-order valence-corrected chi connectivity index (χ0v) is 13.7. The Hall–Kier alpha value is -0.400. The summed E-state index contributed by atoms with van der Waals surface area (Å²) < 4.78 is 26.0. The van der Waals surface area contributed by atoms with Crippen LogP contribution in [0.3, 0.4) is 0 Å². The number of aryl methyl sites for hydroxylation is 1. The first-order valence-corrected chi connectivity index (χ1v) is 9.17. The molecule has 1 aliphatic rings. The molecule has 2 heterocycles. The lowest BCUT2D eigenvalue weighted by Gasteiger charge is -2.21. The third kappa shape index (κ3) is 3.38. The summed E-state index contributed by atoms with van der Waals surface area (Å²) in [5, 5.41) is 7.61. The van der Waals surface area contributed by atoms with E-state index in [-0.39, 0.29) is 12.0 Å². The third-order valence-corrected chi connectivity index (χ3v) is 6.16. The van der Waals surface area contributed by atoms with Crippen molar-refractivity contribution in [3.8, 4) is 0 Å². The standard InChI is InChI=1S/C12H20BrN3O2S/c1-3-16-12(10(13)7-15-16)11(14-2)6-9-4-5-19(17,18)8-9/h7,9,11,14H,3-6,8H2,1-2H3. The van der Waals surface area contributed by atoms with E-state index in [1.165, 1.54) is 0 Å². The monoisotopic (exact) mass is 349 g/mol. The molecule has 7 heteroatoms. The van der Waals surface area contributed by atoms with E-state index in [0.717, 1.165) is 29.6 Å². The zero-order chi connectivity index (χ0) is 14.0. The van der Waals surface area contributed by atoms with Crippen molar-refractivity contribution in [1.29, 1.82) is 0 Å². The van der Waals surface area contributed by atoms with E-state index in [9.17, 15) is 8.42 Å². The second-order valence-corrected chi connectivity index (χ2v) is 8.12. The quantitative estimate of drug-likeness (QED) is 0.879. The molecule has 2 unspecified atom stereocenters. The molecule has 5 nitrogen and oxygen atoms in total. The fourth-order valence-electron chi connectivity index (χ4n) is 2.73. The van der Waals surface area contributed by atoms with Crippen LogP contribution in [0.5, 0.6) is 0 Å². The third-order valence-electron chi connectivity index (χ3n) is 3.71. The molecule has 108 valence electrons. The van der Waals surface area contributed by atoms with Gasteiger partial charge in [0, 0.05) is 6.54 Å². The van der Waals surface area contributed by atoms with Gasteiger partial charge in [0.25, 0.3) is 0 Å². The van der Waals surface area contributed by atoms with Gasteiger partial charge in [-0.3, -0.25) is 4.68 Å². The molecule has 1 fully saturated rings. The van der Waals surface area contributed by atoms with Crippen molar-refractivity contribution in [2.45, 2.75) is 32.4 Å². The molecule has 0 radical (unpaired) electrons. The van der Waals surface area contributed by atoms with Crippen LogP contribution in [0.2, 0.25) is 0 Å². The van der Waals surface area contributed by atoms with Crippen LogP contribution < -0.4 is 5.32 Å². The number of hydrogen-bond donors (Lipinski definition) is 1. The maximum Gasteiger partial charge on any atom is 0.150 e. The number of nitrogens with zero attached hydrogens (tertiary/aromatic N) is 2. The SMILES string of the molecule is CCn1ncc(Br)c1C(CC1CCS(=O)(=O)C1)NC. The number of hydrogen-bond acceptors (Lipinski definition) is 4. The highest BCUT2D eigenvalue weighted by atomic mass is 79.9. The van der Waals surface area contributed by atoms with Crippen LogP contribution >= 0.6 is 15.9 Å². The normalized spacial score (nSPS) is 23.6. The van der Waals surface area contributed by atoms with Crippen molar-refractivity contribution in [2.24, 2.45) is 5.92 Å². The average Bonchev–Trinajstić information content (AvgIpc) is 2.89. The first-order chi connectivity index (χ1) is 8.96. The summed E-state index contributed by atoms with van der Waals surface area (Å²) in [5.41, 5.74) is 1.11. The van der Waals surface area contributed by atoms with Crippen molar-refractivity contribution < 1.29 is 8.42 Å². The van der Waals surface area contributed by atoms with Gasteiger partial charge in [0.2, 0.25) is 0 Å². The molecular weight excluding hydrogens is 330 g/mol. The van der Waals surface area contributed by atoms with Gasteiger partial charge in [-0.05, 0) is 48.7 Å². The highest BCUT2D eigenvalue weighted by Gasteiger charge is 2.31. The molecule has 1 N–H and O–H groups in total. The molecule has 2 rings (SSSR count). The van der Waals surface area contributed by atoms with Crippen LogP contribution in [0, 0.1) is 5.92 Å². The number of rotatable bonds is 5. The van der Waals surface area contributed by atoms with Gasteiger partial charge >= 0.3 is 0 Å². The molecule has 0 amide bonds. The second-order valence-electron chi connectivity index (χ2n) is 5.04. The van der Waals surface area contributed by atoms with E-state index in [2.05, 4.69) is 33.3 Å². The van der Waals surface area contributed by atoms with E-state index in [1.807, 2.05) is 11.7 Å². The van der Waals surface area contributed by atoms with E-state index >= 15 is 0 Å². The molecule has 2 atom stereocenters. The van der Waals surface area contributed by atoms with E-state index < -0.39 is 9.84 Å². The predicted molar refractivity (Wildman–Crippen MR) is 78.8 cm³/mol. The summed E-state index contributed by atoms with van der Waals surface area (Å²) in [4.78, 5) is 0. The second kappa shape index (κ2) is 5.93. The van der Waals surface area contributed by atoms with E-state index in [4.69, 9.17) is 0 Å². The van der Waals surface area contributed by atoms with Gasteiger partial charge in [-0.15, -0.1) is 0 Å². The van der Waals surface area contributed by atoms with Gasteiger partial charge < -0.3 is 5.32 Å². The van der Waals surface area contributed by atoms with Gasteiger partial charge in [0.15, 0.2) is 9.84 Å². The first-order valence-electron chi connectivity index (χ1n) is 6.55. The van der Waals surface area contributed by atoms with Crippen molar-refractivity contribution in [3.63, 3.8) is 0 Å². The Morgan fingerprint density at radius 2 is 2.37 bits per heavy atom. The molecule has 1 aromatic rings. The molecule has 0 bridgehead atoms. The summed E-state index contributed by atoms with van der Waals surface area (Å²) >= 11 is 3.53. The molecule has 19 heavy (non-hydrogen) atoms. The Labute approximate surface area is 122 Å². The molecule has 1 aliphatic heterocycles. The van der Waals surface area contributed by atoms with Crippen LogP contribution in [-0.2, 0) is 16.4 Å². The highest BCUT2D eigenvalue weighted by Crippen LogP contribution is 2.32. The largest absolute Gasteiger partial charge is 0.312 e. The van der Waals surface area contributed by atoms with Gasteiger partial charge in [-0.1, -0.05) is 0 Å². The van der Waals surface area contributed by atoms with E-state index in [0.29, 0.717) is 11.5 Å². The number of halogens is 1. The van der Waals surface area contributed by atoms with Crippen LogP contribution in [0.4, 0.5) is 0 Å². The van der Waals surface area contributed by atoms with Crippen LogP contribution in [-0.4, -0.2) is 36.8 Å². The lowest BCUT2D eigenvalue weighted by molar-refractivity contribution is 0.411.